The Hall–Kier alpha value is -1.39. The lowest BCUT2D eigenvalue weighted by molar-refractivity contribution is -0.175. The zero-order valence-corrected chi connectivity index (χ0v) is 10.7. The summed E-state index contributed by atoms with van der Waals surface area (Å²) in [5.41, 5.74) is -0.00387. The molecule has 1 amide bonds. The minimum atomic E-state index is -0.765. The molecule has 0 atom stereocenters. The summed E-state index contributed by atoms with van der Waals surface area (Å²) in [5, 5.41) is 2.83. The number of nitrogens with one attached hydrogen (secondary N) is 1. The SMILES string of the molecule is COC(OC)C(C)(C)C(=O)Nc1ccccc1. The average molecular weight is 237 g/mol. The van der Waals surface area contributed by atoms with Gasteiger partial charge in [0.25, 0.3) is 0 Å². The van der Waals surface area contributed by atoms with Gasteiger partial charge in [-0.25, -0.2) is 0 Å². The summed E-state index contributed by atoms with van der Waals surface area (Å²) in [4.78, 5) is 12.1. The van der Waals surface area contributed by atoms with Crippen molar-refractivity contribution in [2.45, 2.75) is 20.1 Å². The number of amides is 1. The van der Waals surface area contributed by atoms with Crippen LogP contribution >= 0.6 is 0 Å². The zero-order chi connectivity index (χ0) is 12.9. The Kier molecular flexibility index (Phi) is 4.66. The maximum Gasteiger partial charge on any atom is 0.235 e. The molecule has 0 saturated heterocycles. The second kappa shape index (κ2) is 5.80. The van der Waals surface area contributed by atoms with Crippen molar-refractivity contribution in [3.63, 3.8) is 0 Å². The summed E-state index contributed by atoms with van der Waals surface area (Å²) >= 11 is 0. The van der Waals surface area contributed by atoms with E-state index in [-0.39, 0.29) is 5.91 Å². The molecule has 0 aliphatic heterocycles. The third-order valence-electron chi connectivity index (χ3n) is 2.63. The fraction of sp³-hybridized carbons (Fsp3) is 0.462. The highest BCUT2D eigenvalue weighted by Crippen LogP contribution is 2.25. The van der Waals surface area contributed by atoms with Crippen molar-refractivity contribution in [1.29, 1.82) is 0 Å². The topological polar surface area (TPSA) is 47.6 Å². The maximum absolute atomic E-state index is 12.1. The van der Waals surface area contributed by atoms with Gasteiger partial charge in [0.15, 0.2) is 6.29 Å². The number of rotatable bonds is 5. The highest BCUT2D eigenvalue weighted by molar-refractivity contribution is 5.95. The number of ether oxygens (including phenoxy) is 2. The Morgan fingerprint density at radius 3 is 2.18 bits per heavy atom. The molecule has 0 aliphatic carbocycles. The highest BCUT2D eigenvalue weighted by atomic mass is 16.7. The molecule has 0 bridgehead atoms. The number of carbonyl (C=O) groups is 1. The summed E-state index contributed by atoms with van der Waals surface area (Å²) < 4.78 is 10.3. The average Bonchev–Trinajstić information content (AvgIpc) is 2.31. The first-order valence-electron chi connectivity index (χ1n) is 5.44. The largest absolute Gasteiger partial charge is 0.355 e. The van der Waals surface area contributed by atoms with E-state index in [0.717, 1.165) is 5.69 Å². The highest BCUT2D eigenvalue weighted by Gasteiger charge is 2.37. The molecule has 0 aliphatic rings. The van der Waals surface area contributed by atoms with Gasteiger partial charge < -0.3 is 14.8 Å². The number of hydrogen-bond acceptors (Lipinski definition) is 3. The Balaban J connectivity index is 2.76. The molecule has 4 nitrogen and oxygen atoms in total. The molecular weight excluding hydrogens is 218 g/mol. The molecule has 1 N–H and O–H groups in total. The lowest BCUT2D eigenvalue weighted by Crippen LogP contribution is -2.43. The normalized spacial score (nSPS) is 11.6. The van der Waals surface area contributed by atoms with Crippen molar-refractivity contribution < 1.29 is 14.3 Å². The predicted octanol–water partition coefficient (Wildman–Crippen LogP) is 2.27. The fourth-order valence-corrected chi connectivity index (χ4v) is 1.61. The Morgan fingerprint density at radius 2 is 1.71 bits per heavy atom. The minimum Gasteiger partial charge on any atom is -0.355 e. The quantitative estimate of drug-likeness (QED) is 0.799. The van der Waals surface area contributed by atoms with Crippen molar-refractivity contribution >= 4 is 11.6 Å². The minimum absolute atomic E-state index is 0.141. The smallest absolute Gasteiger partial charge is 0.235 e. The van der Waals surface area contributed by atoms with Crippen molar-refractivity contribution in [3.05, 3.63) is 30.3 Å². The molecule has 0 radical (unpaired) electrons. The van der Waals surface area contributed by atoms with E-state index in [9.17, 15) is 4.79 Å². The zero-order valence-electron chi connectivity index (χ0n) is 10.7. The monoisotopic (exact) mass is 237 g/mol. The standard InChI is InChI=1S/C13H19NO3/c1-13(2,12(16-3)17-4)11(15)14-10-8-6-5-7-9-10/h5-9,12H,1-4H3,(H,14,15). The van der Waals surface area contributed by atoms with Gasteiger partial charge in [-0.05, 0) is 26.0 Å². The molecule has 94 valence electrons. The van der Waals surface area contributed by atoms with Gasteiger partial charge in [0.1, 0.15) is 0 Å². The first-order chi connectivity index (χ1) is 8.02. The third-order valence-corrected chi connectivity index (χ3v) is 2.63. The molecule has 0 saturated carbocycles. The number of para-hydroxylation sites is 1. The number of benzene rings is 1. The molecule has 0 heterocycles. The van der Waals surface area contributed by atoms with Crippen LogP contribution in [-0.4, -0.2) is 26.4 Å². The maximum atomic E-state index is 12.1. The van der Waals surface area contributed by atoms with E-state index in [1.165, 1.54) is 14.2 Å². The fourth-order valence-electron chi connectivity index (χ4n) is 1.61. The lowest BCUT2D eigenvalue weighted by Gasteiger charge is -2.30. The molecule has 1 aromatic rings. The van der Waals surface area contributed by atoms with E-state index in [1.807, 2.05) is 30.3 Å². The number of anilines is 1. The summed E-state index contributed by atoms with van der Waals surface area (Å²) in [6, 6.07) is 9.30. The van der Waals surface area contributed by atoms with Gasteiger partial charge >= 0.3 is 0 Å². The first kappa shape index (κ1) is 13.7. The molecule has 17 heavy (non-hydrogen) atoms. The number of methoxy groups -OCH3 is 2. The molecular formula is C13H19NO3. The van der Waals surface area contributed by atoms with Crippen molar-refractivity contribution in [1.82, 2.24) is 0 Å². The first-order valence-corrected chi connectivity index (χ1v) is 5.44. The van der Waals surface area contributed by atoms with Gasteiger partial charge in [-0.1, -0.05) is 18.2 Å². The predicted molar refractivity (Wildman–Crippen MR) is 66.7 cm³/mol. The molecule has 0 spiro atoms. The molecule has 0 aromatic heterocycles. The van der Waals surface area contributed by atoms with E-state index < -0.39 is 11.7 Å². The number of hydrogen-bond donors (Lipinski definition) is 1. The Morgan fingerprint density at radius 1 is 1.18 bits per heavy atom. The van der Waals surface area contributed by atoms with Crippen LogP contribution in [0.2, 0.25) is 0 Å². The summed E-state index contributed by atoms with van der Waals surface area (Å²) in [7, 11) is 3.04. The van der Waals surface area contributed by atoms with Gasteiger partial charge in [-0.2, -0.15) is 0 Å². The van der Waals surface area contributed by atoms with Crippen LogP contribution in [0.4, 0.5) is 5.69 Å². The van der Waals surface area contributed by atoms with Crippen LogP contribution in [-0.2, 0) is 14.3 Å². The van der Waals surface area contributed by atoms with Gasteiger partial charge in [-0.15, -0.1) is 0 Å². The Labute approximate surface area is 102 Å². The van der Waals surface area contributed by atoms with Crippen molar-refractivity contribution in [3.8, 4) is 0 Å². The van der Waals surface area contributed by atoms with Gasteiger partial charge in [0.05, 0.1) is 5.41 Å². The Bertz CT molecular complexity index is 358. The molecule has 0 fully saturated rings. The summed E-state index contributed by atoms with van der Waals surface area (Å²) in [6.07, 6.45) is -0.578. The van der Waals surface area contributed by atoms with Crippen LogP contribution in [0.25, 0.3) is 0 Å². The van der Waals surface area contributed by atoms with E-state index >= 15 is 0 Å². The van der Waals surface area contributed by atoms with Gasteiger partial charge in [0.2, 0.25) is 5.91 Å². The second-order valence-electron chi connectivity index (χ2n) is 4.35. The number of carbonyl (C=O) groups excluding carboxylic acids is 1. The van der Waals surface area contributed by atoms with Crippen LogP contribution in [0.3, 0.4) is 0 Å². The van der Waals surface area contributed by atoms with E-state index in [2.05, 4.69) is 5.32 Å². The van der Waals surface area contributed by atoms with Crippen molar-refractivity contribution in [2.24, 2.45) is 5.41 Å². The lowest BCUT2D eigenvalue weighted by atomic mass is 9.91. The van der Waals surface area contributed by atoms with E-state index in [4.69, 9.17) is 9.47 Å². The third kappa shape index (κ3) is 3.28. The summed E-state index contributed by atoms with van der Waals surface area (Å²) in [5.74, 6) is -0.141. The van der Waals surface area contributed by atoms with Crippen LogP contribution in [0.5, 0.6) is 0 Å². The summed E-state index contributed by atoms with van der Waals surface area (Å²) in [6.45, 7) is 3.56. The van der Waals surface area contributed by atoms with Gasteiger partial charge in [-0.3, -0.25) is 4.79 Å². The molecule has 1 rings (SSSR count). The molecule has 0 unspecified atom stereocenters. The molecule has 1 aromatic carbocycles. The van der Waals surface area contributed by atoms with Crippen LogP contribution < -0.4 is 5.32 Å². The van der Waals surface area contributed by atoms with Crippen LogP contribution in [0.15, 0.2) is 30.3 Å². The van der Waals surface area contributed by atoms with E-state index in [0.29, 0.717) is 0 Å². The van der Waals surface area contributed by atoms with Crippen molar-refractivity contribution in [2.75, 3.05) is 19.5 Å². The second-order valence-corrected chi connectivity index (χ2v) is 4.35. The molecule has 4 heteroatoms. The van der Waals surface area contributed by atoms with Crippen LogP contribution in [0, 0.1) is 5.41 Å². The van der Waals surface area contributed by atoms with E-state index in [1.54, 1.807) is 13.8 Å². The van der Waals surface area contributed by atoms with Gasteiger partial charge in [0, 0.05) is 19.9 Å². The van der Waals surface area contributed by atoms with Crippen LogP contribution in [0.1, 0.15) is 13.8 Å².